The number of nitrogens with zero attached hydrogens (tertiary/aromatic N) is 8. The molecule has 0 N–H and O–H groups in total. The van der Waals surface area contributed by atoms with Gasteiger partial charge >= 0.3 is 35.2 Å². The van der Waals surface area contributed by atoms with Crippen molar-refractivity contribution in [3.8, 4) is 0 Å². The lowest BCUT2D eigenvalue weighted by molar-refractivity contribution is 0.0470. The van der Waals surface area contributed by atoms with Crippen molar-refractivity contribution in [2.75, 3.05) is 52.9 Å². The molecule has 0 bridgehead atoms. The Balaban J connectivity index is 0.000000330. The van der Waals surface area contributed by atoms with Crippen molar-refractivity contribution in [3.63, 3.8) is 0 Å². The third kappa shape index (κ3) is 19.2. The van der Waals surface area contributed by atoms with Gasteiger partial charge in [0, 0.05) is 153 Å². The van der Waals surface area contributed by atoms with Gasteiger partial charge in [0.15, 0.2) is 0 Å². The molecule has 0 radical (unpaired) electrons. The van der Waals surface area contributed by atoms with Crippen LogP contribution < -0.4 is 0 Å². The van der Waals surface area contributed by atoms with Crippen LogP contribution in [-0.4, -0.2) is 126 Å². The predicted octanol–water partition coefficient (Wildman–Crippen LogP) is 7.20. The van der Waals surface area contributed by atoms with E-state index in [0.717, 1.165) is 51.9 Å². The number of hydrogen-bond acceptors (Lipinski definition) is 14. The van der Waals surface area contributed by atoms with Crippen molar-refractivity contribution < 1.29 is 43.6 Å². The van der Waals surface area contributed by atoms with E-state index in [2.05, 4.69) is 38.2 Å². The monoisotopic (exact) mass is 940 g/mol. The highest BCUT2D eigenvalue weighted by Gasteiger charge is 2.54. The topological polar surface area (TPSA) is 164 Å². The zero-order valence-corrected chi connectivity index (χ0v) is 42.7. The number of imidazole rings is 4. The second kappa shape index (κ2) is 30.4. The van der Waals surface area contributed by atoms with Gasteiger partial charge in [0.05, 0.1) is 25.3 Å². The van der Waals surface area contributed by atoms with Crippen LogP contribution >= 0.6 is 0 Å². The van der Waals surface area contributed by atoms with Gasteiger partial charge in [0.25, 0.3) is 0 Å². The van der Waals surface area contributed by atoms with Gasteiger partial charge in [-0.1, -0.05) is 0 Å². The highest BCUT2D eigenvalue weighted by atomic mass is 28.5. The minimum atomic E-state index is -3.00. The van der Waals surface area contributed by atoms with Gasteiger partial charge in [0.2, 0.25) is 0 Å². The Hall–Kier alpha value is -2.69. The predicted molar refractivity (Wildman–Crippen MR) is 245 cm³/mol. The summed E-state index contributed by atoms with van der Waals surface area (Å²) in [6.07, 6.45) is 25.7. The third-order valence-corrected chi connectivity index (χ3v) is 24.0. The van der Waals surface area contributed by atoms with Crippen molar-refractivity contribution in [2.24, 2.45) is 0 Å². The summed E-state index contributed by atoms with van der Waals surface area (Å²) in [6.45, 7) is 23.3. The van der Waals surface area contributed by atoms with Crippen LogP contribution in [0.2, 0.25) is 24.2 Å². The first-order valence-electron chi connectivity index (χ1n) is 22.6. The van der Waals surface area contributed by atoms with Crippen molar-refractivity contribution >= 4 is 35.2 Å². The summed E-state index contributed by atoms with van der Waals surface area (Å²) >= 11 is 0. The first-order valence-corrected chi connectivity index (χ1v) is 30.3. The number of hydrogen-bond donors (Lipinski definition) is 0. The van der Waals surface area contributed by atoms with E-state index in [-0.39, 0.29) is 0 Å². The molecule has 4 rings (SSSR count). The fraction of sp³-hybridized carbons (Fsp3) is 0.700. The first-order chi connectivity index (χ1) is 30.2. The van der Waals surface area contributed by atoms with E-state index in [0.29, 0.717) is 77.0 Å². The van der Waals surface area contributed by atoms with Crippen LogP contribution in [0.25, 0.3) is 0 Å². The molecule has 0 saturated carbocycles. The molecular weight excluding hydrogens is 865 g/mol. The second-order valence-corrected chi connectivity index (χ2v) is 25.4. The van der Waals surface area contributed by atoms with Crippen LogP contribution in [0.1, 0.15) is 81.1 Å². The van der Waals surface area contributed by atoms with Gasteiger partial charge in [-0.25, -0.2) is 19.9 Å². The van der Waals surface area contributed by atoms with E-state index in [1.165, 1.54) is 0 Å². The number of aromatic nitrogens is 8. The molecule has 0 aliphatic rings. The molecule has 18 nitrogen and oxygen atoms in total. The lowest BCUT2D eigenvalue weighted by Crippen LogP contribution is -2.59. The largest absolute Gasteiger partial charge is 0.493 e. The van der Waals surface area contributed by atoms with Gasteiger partial charge < -0.3 is 61.9 Å². The molecule has 0 aliphatic heterocycles. The first kappa shape index (κ1) is 53.6. The van der Waals surface area contributed by atoms with E-state index in [1.54, 1.807) is 24.8 Å². The van der Waals surface area contributed by atoms with Crippen LogP contribution in [0.15, 0.2) is 74.9 Å². The minimum absolute atomic E-state index is 0.523. The number of aryl methyl sites for hydroxylation is 4. The SMILES string of the molecule is CCO[Si](CCCn1ccnc1)(OCC)O[Si](CCCn1ccnc1)(OCC)OCC.CCO[Si](CCCn1ccnc1)(OCC)O[Si](CCCn1ccnc1)(OCC)OCC. The van der Waals surface area contributed by atoms with Gasteiger partial charge in [0.1, 0.15) is 0 Å². The summed E-state index contributed by atoms with van der Waals surface area (Å²) in [4.78, 5) is 16.5. The molecule has 0 aliphatic carbocycles. The molecule has 4 heterocycles. The van der Waals surface area contributed by atoms with Crippen LogP contribution in [0.5, 0.6) is 0 Å². The van der Waals surface area contributed by atoms with E-state index >= 15 is 0 Å². The molecule has 62 heavy (non-hydrogen) atoms. The van der Waals surface area contributed by atoms with Crippen LogP contribution in [0.3, 0.4) is 0 Å². The Labute approximate surface area is 375 Å². The Bertz CT molecular complexity index is 1350. The van der Waals surface area contributed by atoms with E-state index in [1.807, 2.05) is 105 Å². The summed E-state index contributed by atoms with van der Waals surface area (Å²) in [5.41, 5.74) is 0. The number of rotatable bonds is 36. The highest BCUT2D eigenvalue weighted by Crippen LogP contribution is 2.30. The fourth-order valence-corrected chi connectivity index (χ4v) is 21.7. The maximum Gasteiger partial charge on any atom is 0.493 e. The van der Waals surface area contributed by atoms with Gasteiger partial charge in [-0.2, -0.15) is 0 Å². The summed E-state index contributed by atoms with van der Waals surface area (Å²) in [5.74, 6) is 0. The molecule has 0 aromatic carbocycles. The molecule has 0 spiro atoms. The molecule has 4 aromatic rings. The Morgan fingerprint density at radius 3 is 0.661 bits per heavy atom. The minimum Gasteiger partial charge on any atom is -0.374 e. The fourth-order valence-electron chi connectivity index (χ4n) is 7.01. The molecular formula is C40H76N8O10Si4. The average molecular weight is 941 g/mol. The molecule has 0 unspecified atom stereocenters. The molecule has 0 amide bonds. The van der Waals surface area contributed by atoms with Crippen molar-refractivity contribution in [2.45, 2.75) is 131 Å². The van der Waals surface area contributed by atoms with Crippen molar-refractivity contribution in [3.05, 3.63) is 74.9 Å². The molecule has 0 atom stereocenters. The zero-order chi connectivity index (χ0) is 44.8. The summed E-state index contributed by atoms with van der Waals surface area (Å²) in [5, 5.41) is 0. The lowest BCUT2D eigenvalue weighted by atomic mass is 10.5. The van der Waals surface area contributed by atoms with Gasteiger partial charge in [-0.3, -0.25) is 0 Å². The summed E-state index contributed by atoms with van der Waals surface area (Å²) < 4.78 is 71.5. The van der Waals surface area contributed by atoms with Crippen molar-refractivity contribution in [1.82, 2.24) is 38.2 Å². The van der Waals surface area contributed by atoms with Crippen LogP contribution in [0, 0.1) is 0 Å². The Morgan fingerprint density at radius 2 is 0.516 bits per heavy atom. The van der Waals surface area contributed by atoms with E-state index in [4.69, 9.17) is 43.6 Å². The molecule has 0 saturated heterocycles. The quantitative estimate of drug-likeness (QED) is 0.0421. The summed E-state index contributed by atoms with van der Waals surface area (Å²) in [7, 11) is -12.0. The maximum absolute atomic E-state index is 6.77. The second-order valence-electron chi connectivity index (χ2n) is 14.0. The molecule has 22 heteroatoms. The van der Waals surface area contributed by atoms with Crippen LogP contribution in [0.4, 0.5) is 0 Å². The average Bonchev–Trinajstić information content (AvgIpc) is 4.10. The Kier molecular flexibility index (Phi) is 26.3. The highest BCUT2D eigenvalue weighted by molar-refractivity contribution is 6.75. The molecule has 0 fully saturated rings. The zero-order valence-electron chi connectivity index (χ0n) is 38.7. The molecule has 4 aromatic heterocycles. The van der Waals surface area contributed by atoms with E-state index < -0.39 is 35.2 Å². The summed E-state index contributed by atoms with van der Waals surface area (Å²) in [6, 6.07) is 2.79. The lowest BCUT2D eigenvalue weighted by Gasteiger charge is -2.38. The standard InChI is InChI=1S/2C20H38N4O5Si2/c2*1-5-25-30(26-6-2,17-9-13-23-15-11-21-19-23)29-31(27-7-3,28-8-4)18-10-14-24-16-12-22-20-24/h2*11-12,15-16,19-20H,5-10,13-14,17-18H2,1-4H3. The van der Waals surface area contributed by atoms with Gasteiger partial charge in [-0.05, 0) is 81.1 Å². The smallest absolute Gasteiger partial charge is 0.374 e. The van der Waals surface area contributed by atoms with Crippen LogP contribution in [-0.2, 0) is 69.8 Å². The van der Waals surface area contributed by atoms with Gasteiger partial charge in [-0.15, -0.1) is 0 Å². The normalized spacial score (nSPS) is 12.5. The van der Waals surface area contributed by atoms with Crippen molar-refractivity contribution in [1.29, 1.82) is 0 Å². The Morgan fingerprint density at radius 1 is 0.323 bits per heavy atom. The molecule has 352 valence electrons. The maximum atomic E-state index is 6.77. The third-order valence-electron chi connectivity index (χ3n) is 9.37. The van der Waals surface area contributed by atoms with E-state index in [9.17, 15) is 0 Å².